The van der Waals surface area contributed by atoms with Gasteiger partial charge in [0.15, 0.2) is 22.7 Å². The van der Waals surface area contributed by atoms with E-state index >= 15 is 0 Å². The van der Waals surface area contributed by atoms with Gasteiger partial charge >= 0.3 is 0 Å². The molecule has 0 aliphatic heterocycles. The second-order valence-electron chi connectivity index (χ2n) is 5.50. The highest BCUT2D eigenvalue weighted by Crippen LogP contribution is 2.30. The minimum absolute atomic E-state index is 0.206. The normalized spacial score (nSPS) is 14.7. The van der Waals surface area contributed by atoms with Gasteiger partial charge in [0.05, 0.1) is 12.8 Å². The van der Waals surface area contributed by atoms with E-state index < -0.39 is 6.10 Å². The molecule has 2 aromatic rings. The van der Waals surface area contributed by atoms with Gasteiger partial charge in [0.25, 0.3) is 5.91 Å². The van der Waals surface area contributed by atoms with Crippen molar-refractivity contribution in [3.8, 4) is 11.5 Å². The molecule has 1 unspecified atom stereocenters. The highest BCUT2D eigenvalue weighted by Gasteiger charge is 2.20. The van der Waals surface area contributed by atoms with E-state index in [9.17, 15) is 4.79 Å². The van der Waals surface area contributed by atoms with Crippen molar-refractivity contribution in [2.75, 3.05) is 12.4 Å². The SMILES string of the molecule is COc1ccccc1OC(C)C(=O)Nc1nc2c(s1)CCCC2. The molecular formula is C17H20N2O3S. The van der Waals surface area contributed by atoms with Crippen LogP contribution in [0, 0.1) is 0 Å². The van der Waals surface area contributed by atoms with Gasteiger partial charge in [0, 0.05) is 4.88 Å². The van der Waals surface area contributed by atoms with Crippen LogP contribution in [-0.4, -0.2) is 24.1 Å². The molecule has 1 atom stereocenters. The summed E-state index contributed by atoms with van der Waals surface area (Å²) >= 11 is 1.57. The first kappa shape index (κ1) is 15.8. The number of benzene rings is 1. The van der Waals surface area contributed by atoms with Crippen molar-refractivity contribution in [3.05, 3.63) is 34.8 Å². The van der Waals surface area contributed by atoms with Gasteiger partial charge in [-0.2, -0.15) is 0 Å². The zero-order valence-electron chi connectivity index (χ0n) is 13.3. The fraction of sp³-hybridized carbons (Fsp3) is 0.412. The Balaban J connectivity index is 1.64. The van der Waals surface area contributed by atoms with E-state index in [2.05, 4.69) is 10.3 Å². The maximum atomic E-state index is 12.3. The number of hydrogen-bond acceptors (Lipinski definition) is 5. The highest BCUT2D eigenvalue weighted by atomic mass is 32.1. The van der Waals surface area contributed by atoms with Crippen molar-refractivity contribution in [1.29, 1.82) is 0 Å². The molecule has 0 saturated heterocycles. The van der Waals surface area contributed by atoms with Gasteiger partial charge in [0.1, 0.15) is 0 Å². The maximum absolute atomic E-state index is 12.3. The summed E-state index contributed by atoms with van der Waals surface area (Å²) in [4.78, 5) is 18.1. The molecule has 0 spiro atoms. The first-order valence-corrected chi connectivity index (χ1v) is 8.58. The zero-order chi connectivity index (χ0) is 16.2. The summed E-state index contributed by atoms with van der Waals surface area (Å²) in [7, 11) is 1.58. The molecule has 5 nitrogen and oxygen atoms in total. The smallest absolute Gasteiger partial charge is 0.266 e. The number of fused-ring (bicyclic) bond motifs is 1. The van der Waals surface area contributed by atoms with E-state index in [1.54, 1.807) is 37.5 Å². The maximum Gasteiger partial charge on any atom is 0.266 e. The number of ether oxygens (including phenoxy) is 2. The van der Waals surface area contributed by atoms with Gasteiger partial charge in [-0.15, -0.1) is 11.3 Å². The quantitative estimate of drug-likeness (QED) is 0.911. The van der Waals surface area contributed by atoms with Crippen molar-refractivity contribution in [2.24, 2.45) is 0 Å². The monoisotopic (exact) mass is 332 g/mol. The van der Waals surface area contributed by atoms with E-state index in [0.717, 1.165) is 18.5 Å². The second-order valence-corrected chi connectivity index (χ2v) is 6.58. The Morgan fingerprint density at radius 1 is 1.26 bits per heavy atom. The third-order valence-electron chi connectivity index (χ3n) is 3.82. The largest absolute Gasteiger partial charge is 0.493 e. The molecule has 0 radical (unpaired) electrons. The van der Waals surface area contributed by atoms with Crippen molar-refractivity contribution in [2.45, 2.75) is 38.7 Å². The predicted octanol–water partition coefficient (Wildman–Crippen LogP) is 3.44. The third kappa shape index (κ3) is 3.64. The van der Waals surface area contributed by atoms with Crippen LogP contribution < -0.4 is 14.8 Å². The van der Waals surface area contributed by atoms with Crippen LogP contribution in [0.2, 0.25) is 0 Å². The molecule has 3 rings (SSSR count). The average Bonchev–Trinajstić information content (AvgIpc) is 2.97. The summed E-state index contributed by atoms with van der Waals surface area (Å²) in [5.74, 6) is 0.954. The summed E-state index contributed by atoms with van der Waals surface area (Å²) in [5, 5.41) is 3.52. The average molecular weight is 332 g/mol. The van der Waals surface area contributed by atoms with Crippen molar-refractivity contribution >= 4 is 22.4 Å². The van der Waals surface area contributed by atoms with Crippen LogP contribution in [0.5, 0.6) is 11.5 Å². The Bertz CT molecular complexity index is 675. The van der Waals surface area contributed by atoms with E-state index in [0.29, 0.717) is 16.6 Å². The zero-order valence-corrected chi connectivity index (χ0v) is 14.1. The first-order chi connectivity index (χ1) is 11.2. The second kappa shape index (κ2) is 7.00. The molecule has 1 amide bonds. The number of anilines is 1. The Hall–Kier alpha value is -2.08. The minimum atomic E-state index is -0.632. The number of para-hydroxylation sites is 2. The number of aryl methyl sites for hydroxylation is 2. The summed E-state index contributed by atoms with van der Waals surface area (Å²) in [6.07, 6.45) is 3.82. The third-order valence-corrected chi connectivity index (χ3v) is 4.89. The molecule has 0 bridgehead atoms. The molecule has 1 N–H and O–H groups in total. The van der Waals surface area contributed by atoms with Gasteiger partial charge in [0.2, 0.25) is 0 Å². The van der Waals surface area contributed by atoms with Gasteiger partial charge in [-0.1, -0.05) is 12.1 Å². The minimum Gasteiger partial charge on any atom is -0.493 e. The Labute approximate surface area is 139 Å². The van der Waals surface area contributed by atoms with E-state index in [1.165, 1.54) is 17.7 Å². The Morgan fingerprint density at radius 3 is 2.74 bits per heavy atom. The van der Waals surface area contributed by atoms with Crippen LogP contribution >= 0.6 is 11.3 Å². The van der Waals surface area contributed by atoms with Gasteiger partial charge in [-0.05, 0) is 44.7 Å². The standard InChI is InChI=1S/C17H20N2O3S/c1-11(22-14-9-5-4-8-13(14)21-2)16(20)19-17-18-12-7-3-6-10-15(12)23-17/h4-5,8-9,11H,3,6-7,10H2,1-2H3,(H,18,19,20). The molecule has 1 aromatic carbocycles. The number of amides is 1. The van der Waals surface area contributed by atoms with E-state index in [-0.39, 0.29) is 5.91 Å². The summed E-state index contributed by atoms with van der Waals surface area (Å²) in [5.41, 5.74) is 1.13. The number of methoxy groups -OCH3 is 1. The molecular weight excluding hydrogens is 312 g/mol. The van der Waals surface area contributed by atoms with E-state index in [4.69, 9.17) is 9.47 Å². The van der Waals surface area contributed by atoms with E-state index in [1.807, 2.05) is 12.1 Å². The lowest BCUT2D eigenvalue weighted by Gasteiger charge is -2.15. The number of hydrogen-bond donors (Lipinski definition) is 1. The molecule has 1 aromatic heterocycles. The fourth-order valence-electron chi connectivity index (χ4n) is 2.57. The van der Waals surface area contributed by atoms with Crippen LogP contribution in [0.3, 0.4) is 0 Å². The topological polar surface area (TPSA) is 60.5 Å². The van der Waals surface area contributed by atoms with Crippen LogP contribution in [-0.2, 0) is 17.6 Å². The van der Waals surface area contributed by atoms with Crippen LogP contribution in [0.15, 0.2) is 24.3 Å². The molecule has 1 aliphatic rings. The summed E-state index contributed by atoms with van der Waals surface area (Å²) in [6.45, 7) is 1.72. The predicted molar refractivity (Wildman–Crippen MR) is 90.5 cm³/mol. The molecule has 1 aliphatic carbocycles. The Morgan fingerprint density at radius 2 is 2.00 bits per heavy atom. The lowest BCUT2D eigenvalue weighted by molar-refractivity contribution is -0.122. The van der Waals surface area contributed by atoms with Crippen molar-refractivity contribution < 1.29 is 14.3 Å². The first-order valence-electron chi connectivity index (χ1n) is 7.76. The van der Waals surface area contributed by atoms with Crippen LogP contribution in [0.1, 0.15) is 30.3 Å². The Kier molecular flexibility index (Phi) is 4.81. The lowest BCUT2D eigenvalue weighted by atomic mass is 10.0. The number of carbonyl (C=O) groups excluding carboxylic acids is 1. The summed E-state index contributed by atoms with van der Waals surface area (Å²) < 4.78 is 10.9. The number of nitrogens with zero attached hydrogens (tertiary/aromatic N) is 1. The molecule has 23 heavy (non-hydrogen) atoms. The number of rotatable bonds is 5. The lowest BCUT2D eigenvalue weighted by Crippen LogP contribution is -2.30. The fourth-order valence-corrected chi connectivity index (χ4v) is 3.63. The van der Waals surface area contributed by atoms with Crippen LogP contribution in [0.4, 0.5) is 5.13 Å². The summed E-state index contributed by atoms with van der Waals surface area (Å²) in [6, 6.07) is 7.29. The van der Waals surface area contributed by atoms with Crippen LogP contribution in [0.25, 0.3) is 0 Å². The molecule has 122 valence electrons. The number of aromatic nitrogens is 1. The molecule has 1 heterocycles. The molecule has 0 fully saturated rings. The van der Waals surface area contributed by atoms with Gasteiger partial charge in [-0.3, -0.25) is 10.1 Å². The molecule has 6 heteroatoms. The van der Waals surface area contributed by atoms with Gasteiger partial charge < -0.3 is 9.47 Å². The number of carbonyl (C=O) groups is 1. The number of nitrogens with one attached hydrogen (secondary N) is 1. The highest BCUT2D eigenvalue weighted by molar-refractivity contribution is 7.15. The van der Waals surface area contributed by atoms with Crippen molar-refractivity contribution in [3.63, 3.8) is 0 Å². The van der Waals surface area contributed by atoms with Gasteiger partial charge in [-0.25, -0.2) is 4.98 Å². The van der Waals surface area contributed by atoms with Crippen molar-refractivity contribution in [1.82, 2.24) is 4.98 Å². The number of thiazole rings is 1. The molecule has 0 saturated carbocycles.